The van der Waals surface area contributed by atoms with Crippen molar-refractivity contribution in [2.75, 3.05) is 44.2 Å². The zero-order valence-corrected chi connectivity index (χ0v) is 22.1. The molecular weight excluding hydrogens is 533 g/mol. The highest BCUT2D eigenvalue weighted by molar-refractivity contribution is 5.82. The maximum absolute atomic E-state index is 13.4. The molecule has 5 aromatic rings. The molecule has 0 aliphatic carbocycles. The van der Waals surface area contributed by atoms with Gasteiger partial charge in [-0.25, -0.2) is 4.98 Å². The molecule has 7 nitrogen and oxygen atoms in total. The topological polar surface area (TPSA) is 71.7 Å². The Morgan fingerprint density at radius 2 is 1.66 bits per heavy atom. The van der Waals surface area contributed by atoms with E-state index in [0.717, 1.165) is 61.7 Å². The molecule has 210 valence electrons. The summed E-state index contributed by atoms with van der Waals surface area (Å²) in [6.07, 6.45) is -2.09. The van der Waals surface area contributed by atoms with Gasteiger partial charge in [-0.3, -0.25) is 14.7 Å². The van der Waals surface area contributed by atoms with Crippen molar-refractivity contribution in [1.82, 2.24) is 14.9 Å². The summed E-state index contributed by atoms with van der Waals surface area (Å²) in [5.41, 5.74) is 0.908. The van der Waals surface area contributed by atoms with Gasteiger partial charge < -0.3 is 14.1 Å². The SMILES string of the molecule is O=c1c(OCCCN2CCN(c3cnc4ccccc4n3)CC2)c(-c2cccc(C(F)(F)F)c2)oc2ccccc12. The number of anilines is 1. The van der Waals surface area contributed by atoms with Gasteiger partial charge in [0.2, 0.25) is 11.2 Å². The molecule has 0 N–H and O–H groups in total. The van der Waals surface area contributed by atoms with Gasteiger partial charge in [0.25, 0.3) is 0 Å². The highest BCUT2D eigenvalue weighted by Crippen LogP contribution is 2.35. The van der Waals surface area contributed by atoms with Crippen LogP contribution in [0.1, 0.15) is 12.0 Å². The Labute approximate surface area is 233 Å². The summed E-state index contributed by atoms with van der Waals surface area (Å²) >= 11 is 0. The summed E-state index contributed by atoms with van der Waals surface area (Å²) in [4.78, 5) is 27.1. The van der Waals surface area contributed by atoms with Gasteiger partial charge in [0.1, 0.15) is 11.4 Å². The summed E-state index contributed by atoms with van der Waals surface area (Å²) in [6.45, 7) is 4.24. The molecule has 1 aliphatic rings. The lowest BCUT2D eigenvalue weighted by Gasteiger charge is -2.35. The summed E-state index contributed by atoms with van der Waals surface area (Å²) in [5, 5.41) is 0.311. The fourth-order valence-corrected chi connectivity index (χ4v) is 5.05. The van der Waals surface area contributed by atoms with Gasteiger partial charge in [-0.15, -0.1) is 0 Å². The van der Waals surface area contributed by atoms with Crippen molar-refractivity contribution in [3.05, 3.63) is 94.8 Å². The molecule has 0 spiro atoms. The highest BCUT2D eigenvalue weighted by atomic mass is 19.4. The molecule has 3 heterocycles. The zero-order chi connectivity index (χ0) is 28.4. The number of nitrogens with zero attached hydrogens (tertiary/aromatic N) is 4. The smallest absolute Gasteiger partial charge is 0.416 e. The molecule has 0 saturated carbocycles. The summed E-state index contributed by atoms with van der Waals surface area (Å²) in [5.74, 6) is 0.768. The van der Waals surface area contributed by atoms with Gasteiger partial charge in [0.05, 0.1) is 34.8 Å². The number of hydrogen-bond acceptors (Lipinski definition) is 7. The molecule has 3 aromatic carbocycles. The molecule has 6 rings (SSSR count). The van der Waals surface area contributed by atoms with Crippen LogP contribution in [0, 0.1) is 0 Å². The van der Waals surface area contributed by atoms with Crippen LogP contribution in [0.15, 0.2) is 88.2 Å². The first-order chi connectivity index (χ1) is 19.9. The zero-order valence-electron chi connectivity index (χ0n) is 22.1. The molecule has 0 atom stereocenters. The van der Waals surface area contributed by atoms with E-state index in [2.05, 4.69) is 14.8 Å². The van der Waals surface area contributed by atoms with Crippen LogP contribution >= 0.6 is 0 Å². The molecule has 1 fully saturated rings. The number of piperazine rings is 1. The first-order valence-electron chi connectivity index (χ1n) is 13.4. The van der Waals surface area contributed by atoms with Gasteiger partial charge in [0, 0.05) is 38.3 Å². The largest absolute Gasteiger partial charge is 0.486 e. The Hall–Kier alpha value is -4.44. The van der Waals surface area contributed by atoms with Gasteiger partial charge in [-0.2, -0.15) is 13.2 Å². The maximum Gasteiger partial charge on any atom is 0.416 e. The molecule has 0 unspecified atom stereocenters. The van der Waals surface area contributed by atoms with E-state index in [1.165, 1.54) is 12.1 Å². The monoisotopic (exact) mass is 560 g/mol. The average Bonchev–Trinajstić information content (AvgIpc) is 3.00. The van der Waals surface area contributed by atoms with Gasteiger partial charge in [-0.1, -0.05) is 36.4 Å². The number of halogens is 3. The molecule has 41 heavy (non-hydrogen) atoms. The fourth-order valence-electron chi connectivity index (χ4n) is 5.05. The molecule has 1 aliphatic heterocycles. The van der Waals surface area contributed by atoms with Crippen molar-refractivity contribution in [2.24, 2.45) is 0 Å². The minimum absolute atomic E-state index is 0.00934. The van der Waals surface area contributed by atoms with Gasteiger partial charge >= 0.3 is 6.18 Å². The second-order valence-corrected chi connectivity index (χ2v) is 9.91. The third-order valence-corrected chi connectivity index (χ3v) is 7.21. The van der Waals surface area contributed by atoms with Crippen LogP contribution in [0.25, 0.3) is 33.3 Å². The minimum atomic E-state index is -4.53. The van der Waals surface area contributed by atoms with E-state index in [4.69, 9.17) is 14.1 Å². The predicted molar refractivity (Wildman–Crippen MR) is 151 cm³/mol. The van der Waals surface area contributed by atoms with Gasteiger partial charge in [0.15, 0.2) is 5.76 Å². The Balaban J connectivity index is 1.12. The number of benzene rings is 3. The number of rotatable bonds is 7. The van der Waals surface area contributed by atoms with Crippen molar-refractivity contribution in [1.29, 1.82) is 0 Å². The lowest BCUT2D eigenvalue weighted by molar-refractivity contribution is -0.137. The van der Waals surface area contributed by atoms with Crippen molar-refractivity contribution >= 4 is 27.8 Å². The van der Waals surface area contributed by atoms with Crippen LogP contribution in [-0.4, -0.2) is 54.2 Å². The van der Waals surface area contributed by atoms with Crippen LogP contribution in [0.3, 0.4) is 0 Å². The Kier molecular flexibility index (Phi) is 7.32. The van der Waals surface area contributed by atoms with E-state index >= 15 is 0 Å². The van der Waals surface area contributed by atoms with Crippen molar-refractivity contribution in [3.63, 3.8) is 0 Å². The molecule has 0 radical (unpaired) electrons. The molecule has 10 heteroatoms. The fraction of sp³-hybridized carbons (Fsp3) is 0.258. The quantitative estimate of drug-likeness (QED) is 0.226. The molecule has 0 bridgehead atoms. The molecule has 2 aromatic heterocycles. The number of fused-ring (bicyclic) bond motifs is 2. The number of aromatic nitrogens is 2. The number of alkyl halides is 3. The van der Waals surface area contributed by atoms with Crippen molar-refractivity contribution in [3.8, 4) is 17.1 Å². The third-order valence-electron chi connectivity index (χ3n) is 7.21. The van der Waals surface area contributed by atoms with Crippen LogP contribution in [0.4, 0.5) is 19.0 Å². The van der Waals surface area contributed by atoms with Crippen LogP contribution in [0.5, 0.6) is 5.75 Å². The third kappa shape index (κ3) is 5.74. The summed E-state index contributed by atoms with van der Waals surface area (Å²) in [6, 6.07) is 19.1. The standard InChI is InChI=1S/C31H27F3N4O3/c32-31(33,34)22-8-5-7-21(19-22)29-30(28(39)23-9-1-4-12-26(23)41-29)40-18-6-13-37-14-16-38(17-15-37)27-20-35-24-10-2-3-11-25(24)36-27/h1-5,7-12,19-20H,6,13-18H2. The van der Waals surface area contributed by atoms with Crippen LogP contribution < -0.4 is 15.1 Å². The van der Waals surface area contributed by atoms with E-state index in [1.54, 1.807) is 24.3 Å². The van der Waals surface area contributed by atoms with E-state index in [0.29, 0.717) is 11.8 Å². The van der Waals surface area contributed by atoms with E-state index in [9.17, 15) is 18.0 Å². The number of para-hydroxylation sites is 3. The Morgan fingerprint density at radius 1 is 0.902 bits per heavy atom. The molecule has 0 amide bonds. The lowest BCUT2D eigenvalue weighted by Crippen LogP contribution is -2.47. The second-order valence-electron chi connectivity index (χ2n) is 9.91. The van der Waals surface area contributed by atoms with Crippen LogP contribution in [0.2, 0.25) is 0 Å². The first-order valence-corrected chi connectivity index (χ1v) is 13.4. The average molecular weight is 561 g/mol. The summed E-state index contributed by atoms with van der Waals surface area (Å²) in [7, 11) is 0. The van der Waals surface area contributed by atoms with E-state index in [-0.39, 0.29) is 29.3 Å². The number of hydrogen-bond donors (Lipinski definition) is 0. The highest BCUT2D eigenvalue weighted by Gasteiger charge is 2.31. The minimum Gasteiger partial charge on any atom is -0.486 e. The first kappa shape index (κ1) is 26.8. The lowest BCUT2D eigenvalue weighted by atomic mass is 10.1. The molecular formula is C31H27F3N4O3. The van der Waals surface area contributed by atoms with E-state index in [1.807, 2.05) is 30.5 Å². The normalized spacial score (nSPS) is 14.6. The predicted octanol–water partition coefficient (Wildman–Crippen LogP) is 6.01. The number of ether oxygens (including phenoxy) is 1. The van der Waals surface area contributed by atoms with Crippen LogP contribution in [-0.2, 0) is 6.18 Å². The van der Waals surface area contributed by atoms with Crippen molar-refractivity contribution in [2.45, 2.75) is 12.6 Å². The van der Waals surface area contributed by atoms with E-state index < -0.39 is 17.2 Å². The van der Waals surface area contributed by atoms with Crippen molar-refractivity contribution < 1.29 is 22.3 Å². The van der Waals surface area contributed by atoms with Gasteiger partial charge in [-0.05, 0) is 42.8 Å². The summed E-state index contributed by atoms with van der Waals surface area (Å²) < 4.78 is 52.0. The Bertz CT molecular complexity index is 1750. The Morgan fingerprint density at radius 3 is 2.46 bits per heavy atom. The maximum atomic E-state index is 13.4. The second kappa shape index (κ2) is 11.2. The molecule has 1 saturated heterocycles.